The van der Waals surface area contributed by atoms with Gasteiger partial charge in [0.2, 0.25) is 0 Å². The third-order valence-corrected chi connectivity index (χ3v) is 9.08. The molecule has 9 aromatic rings. The molecule has 0 aliphatic heterocycles. The molecule has 1 aromatic heterocycles. The van der Waals surface area contributed by atoms with Crippen LogP contribution in [0, 0.1) is 0 Å². The maximum atomic E-state index is 6.24. The Balaban J connectivity index is 1.32. The summed E-state index contributed by atoms with van der Waals surface area (Å²) in [6, 6.07) is 61.0. The molecule has 0 aliphatic carbocycles. The van der Waals surface area contributed by atoms with Crippen LogP contribution in [0.2, 0.25) is 0 Å². The van der Waals surface area contributed by atoms with Crippen LogP contribution in [0.3, 0.4) is 0 Å². The van der Waals surface area contributed by atoms with Crippen LogP contribution < -0.4 is 0 Å². The molecule has 0 radical (unpaired) electrons. The first-order chi connectivity index (χ1) is 22.3. The topological polar surface area (TPSA) is 13.1 Å². The number of hydrogen-bond acceptors (Lipinski definition) is 1. The molecule has 8 aromatic carbocycles. The molecule has 0 spiro atoms. The number of furan rings is 1. The number of benzene rings is 8. The first-order valence-corrected chi connectivity index (χ1v) is 15.4. The predicted octanol–water partition coefficient (Wildman–Crippen LogP) is 12.6. The Labute approximate surface area is 261 Å². The van der Waals surface area contributed by atoms with E-state index in [1.165, 1.54) is 66.1 Å². The van der Waals surface area contributed by atoms with Crippen molar-refractivity contribution >= 4 is 43.5 Å². The molecule has 0 bridgehead atoms. The SMILES string of the molecule is c1ccc(-c2ccccc2-c2c3ccccc3c(-c3cccc(-c4cccc5oc6ccccc6c45)c3)c3ccccc23)cc1. The van der Waals surface area contributed by atoms with Crippen molar-refractivity contribution in [3.63, 3.8) is 0 Å². The Morgan fingerprint density at radius 2 is 0.778 bits per heavy atom. The van der Waals surface area contributed by atoms with Crippen LogP contribution in [0.25, 0.3) is 88.0 Å². The van der Waals surface area contributed by atoms with Crippen LogP contribution in [0.5, 0.6) is 0 Å². The van der Waals surface area contributed by atoms with Gasteiger partial charge in [0, 0.05) is 10.8 Å². The van der Waals surface area contributed by atoms with Crippen molar-refractivity contribution in [2.24, 2.45) is 0 Å². The average Bonchev–Trinajstić information content (AvgIpc) is 3.50. The largest absolute Gasteiger partial charge is 0.456 e. The summed E-state index contributed by atoms with van der Waals surface area (Å²) in [7, 11) is 0. The van der Waals surface area contributed by atoms with E-state index in [1.54, 1.807) is 0 Å². The van der Waals surface area contributed by atoms with Crippen LogP contribution in [-0.2, 0) is 0 Å². The van der Waals surface area contributed by atoms with Gasteiger partial charge in [-0.2, -0.15) is 0 Å². The summed E-state index contributed by atoms with van der Waals surface area (Å²) in [5, 5.41) is 7.31. The van der Waals surface area contributed by atoms with E-state index in [0.717, 1.165) is 21.9 Å². The third kappa shape index (κ3) is 4.09. The molecule has 45 heavy (non-hydrogen) atoms. The van der Waals surface area contributed by atoms with Crippen molar-refractivity contribution < 1.29 is 4.42 Å². The second-order valence-electron chi connectivity index (χ2n) is 11.6. The predicted molar refractivity (Wildman–Crippen MR) is 190 cm³/mol. The molecular weight excluding hydrogens is 544 g/mol. The lowest BCUT2D eigenvalue weighted by Crippen LogP contribution is -1.93. The normalized spacial score (nSPS) is 11.6. The highest BCUT2D eigenvalue weighted by molar-refractivity contribution is 6.22. The number of fused-ring (bicyclic) bond motifs is 5. The summed E-state index contributed by atoms with van der Waals surface area (Å²) >= 11 is 0. The van der Waals surface area contributed by atoms with Gasteiger partial charge in [-0.25, -0.2) is 0 Å². The lowest BCUT2D eigenvalue weighted by atomic mass is 9.83. The van der Waals surface area contributed by atoms with Gasteiger partial charge in [0.25, 0.3) is 0 Å². The van der Waals surface area contributed by atoms with E-state index in [1.807, 2.05) is 12.1 Å². The summed E-state index contributed by atoms with van der Waals surface area (Å²) < 4.78 is 6.24. The fourth-order valence-corrected chi connectivity index (χ4v) is 7.16. The van der Waals surface area contributed by atoms with E-state index in [-0.39, 0.29) is 0 Å². The maximum Gasteiger partial charge on any atom is 0.136 e. The van der Waals surface area contributed by atoms with E-state index >= 15 is 0 Å². The molecule has 0 amide bonds. The quantitative estimate of drug-likeness (QED) is 0.191. The van der Waals surface area contributed by atoms with E-state index in [4.69, 9.17) is 4.42 Å². The maximum absolute atomic E-state index is 6.24. The fourth-order valence-electron chi connectivity index (χ4n) is 7.16. The first-order valence-electron chi connectivity index (χ1n) is 15.4. The molecular formula is C44H28O. The third-order valence-electron chi connectivity index (χ3n) is 9.08. The van der Waals surface area contributed by atoms with Crippen molar-refractivity contribution in [1.82, 2.24) is 0 Å². The Morgan fingerprint density at radius 1 is 0.289 bits per heavy atom. The number of para-hydroxylation sites is 1. The zero-order valence-corrected chi connectivity index (χ0v) is 24.6. The second kappa shape index (κ2) is 10.4. The van der Waals surface area contributed by atoms with Crippen molar-refractivity contribution in [3.8, 4) is 44.5 Å². The Hall–Kier alpha value is -5.92. The highest BCUT2D eigenvalue weighted by Gasteiger charge is 2.19. The molecule has 0 aliphatic rings. The number of rotatable bonds is 4. The minimum absolute atomic E-state index is 0.913. The van der Waals surface area contributed by atoms with Gasteiger partial charge in [-0.15, -0.1) is 0 Å². The van der Waals surface area contributed by atoms with E-state index < -0.39 is 0 Å². The molecule has 0 N–H and O–H groups in total. The molecule has 0 atom stereocenters. The van der Waals surface area contributed by atoms with Gasteiger partial charge in [0.05, 0.1) is 0 Å². The van der Waals surface area contributed by atoms with E-state index in [9.17, 15) is 0 Å². The monoisotopic (exact) mass is 572 g/mol. The summed E-state index contributed by atoms with van der Waals surface area (Å²) in [5.74, 6) is 0. The second-order valence-corrected chi connectivity index (χ2v) is 11.6. The molecule has 0 fully saturated rings. The average molecular weight is 573 g/mol. The van der Waals surface area contributed by atoms with Crippen LogP contribution in [-0.4, -0.2) is 0 Å². The summed E-state index contributed by atoms with van der Waals surface area (Å²) in [5.41, 5.74) is 11.6. The van der Waals surface area contributed by atoms with Gasteiger partial charge in [-0.3, -0.25) is 0 Å². The fraction of sp³-hybridized carbons (Fsp3) is 0. The minimum atomic E-state index is 0.913. The first kappa shape index (κ1) is 25.6. The van der Waals surface area contributed by atoms with E-state index in [0.29, 0.717) is 0 Å². The van der Waals surface area contributed by atoms with Crippen LogP contribution in [0.15, 0.2) is 174 Å². The van der Waals surface area contributed by atoms with Gasteiger partial charge in [0.1, 0.15) is 11.2 Å². The van der Waals surface area contributed by atoms with Gasteiger partial charge in [-0.05, 0) is 84.3 Å². The zero-order chi connectivity index (χ0) is 29.7. The highest BCUT2D eigenvalue weighted by Crippen LogP contribution is 2.46. The molecule has 9 rings (SSSR count). The molecule has 0 unspecified atom stereocenters. The Kier molecular flexibility index (Phi) is 5.89. The summed E-state index contributed by atoms with van der Waals surface area (Å²) in [4.78, 5) is 0. The zero-order valence-electron chi connectivity index (χ0n) is 24.6. The van der Waals surface area contributed by atoms with Crippen LogP contribution >= 0.6 is 0 Å². The smallest absolute Gasteiger partial charge is 0.136 e. The van der Waals surface area contributed by atoms with Gasteiger partial charge >= 0.3 is 0 Å². The Bertz CT molecular complexity index is 2480. The molecule has 0 saturated carbocycles. The van der Waals surface area contributed by atoms with Crippen LogP contribution in [0.1, 0.15) is 0 Å². The Morgan fingerprint density at radius 3 is 1.51 bits per heavy atom. The number of hydrogen-bond donors (Lipinski definition) is 0. The lowest BCUT2D eigenvalue weighted by molar-refractivity contribution is 0.669. The molecule has 0 saturated heterocycles. The van der Waals surface area contributed by atoms with Crippen molar-refractivity contribution in [2.45, 2.75) is 0 Å². The van der Waals surface area contributed by atoms with Crippen molar-refractivity contribution in [3.05, 3.63) is 170 Å². The van der Waals surface area contributed by atoms with E-state index in [2.05, 4.69) is 158 Å². The van der Waals surface area contributed by atoms with Crippen molar-refractivity contribution in [1.29, 1.82) is 0 Å². The van der Waals surface area contributed by atoms with Gasteiger partial charge < -0.3 is 4.42 Å². The van der Waals surface area contributed by atoms with Crippen LogP contribution in [0.4, 0.5) is 0 Å². The standard InChI is InChI=1S/C44H28O/c1-2-14-29(15-3-1)32-18-4-5-19-34(32)43-37-22-8-6-20-35(37)42(36-21-7-9-23-38(36)43)31-17-12-16-30(28-31)33-25-13-27-41-44(33)39-24-10-11-26-40(39)45-41/h1-28H. The van der Waals surface area contributed by atoms with Gasteiger partial charge in [0.15, 0.2) is 0 Å². The molecule has 210 valence electrons. The summed E-state index contributed by atoms with van der Waals surface area (Å²) in [6.07, 6.45) is 0. The minimum Gasteiger partial charge on any atom is -0.456 e. The molecule has 1 heterocycles. The van der Waals surface area contributed by atoms with Crippen molar-refractivity contribution in [2.75, 3.05) is 0 Å². The lowest BCUT2D eigenvalue weighted by Gasteiger charge is -2.20. The van der Waals surface area contributed by atoms with Gasteiger partial charge in [-0.1, -0.05) is 152 Å². The molecule has 1 heteroatoms. The summed E-state index contributed by atoms with van der Waals surface area (Å²) in [6.45, 7) is 0. The highest BCUT2D eigenvalue weighted by atomic mass is 16.3. The molecule has 1 nitrogen and oxygen atoms in total.